The lowest BCUT2D eigenvalue weighted by Crippen LogP contribution is -2.58. The van der Waals surface area contributed by atoms with Gasteiger partial charge in [0.05, 0.1) is 25.4 Å². The second-order valence-electron chi connectivity index (χ2n) is 9.57. The summed E-state index contributed by atoms with van der Waals surface area (Å²) in [4.78, 5) is 60.7. The van der Waals surface area contributed by atoms with E-state index in [4.69, 9.17) is 20.4 Å². The van der Waals surface area contributed by atoms with Crippen molar-refractivity contribution in [3.8, 4) is 0 Å². The van der Waals surface area contributed by atoms with Gasteiger partial charge < -0.3 is 72.3 Å². The van der Waals surface area contributed by atoms with Crippen molar-refractivity contribution in [1.29, 1.82) is 0 Å². The van der Waals surface area contributed by atoms with Crippen LogP contribution in [0.3, 0.4) is 0 Å². The standard InChI is InChI=1S/C23H42N4O15S/c1-24-10(18(36)20(38)13(30)6-28)4-15(32)25-9(2-3-17(34)35)22(40)27-11(19(37)21(39)14(31)7-29)5-16(33)26-12(8-43)23(41)42/h9-14,18-21,24,28-31,36-39,43H,2-8H2,1H3,(H,25,32)(H,26,33)(H,27,40)(H,34,35)(H,41,42)/t9-,10+,11+,12-,13+,14+,18+,19+,20+,21+/m0/s1. The van der Waals surface area contributed by atoms with Crippen LogP contribution >= 0.6 is 12.6 Å². The molecule has 20 heteroatoms. The van der Waals surface area contributed by atoms with E-state index in [1.807, 2.05) is 0 Å². The van der Waals surface area contributed by atoms with Gasteiger partial charge in [-0.05, 0) is 13.5 Å². The van der Waals surface area contributed by atoms with Crippen LogP contribution < -0.4 is 21.3 Å². The Bertz CT molecular complexity index is 916. The maximum absolute atomic E-state index is 13.1. The number of carbonyl (C=O) groups is 5. The molecule has 0 saturated carbocycles. The molecule has 10 atom stereocenters. The Balaban J connectivity index is 5.97. The largest absolute Gasteiger partial charge is 0.481 e. The quantitative estimate of drug-likeness (QED) is 0.0486. The topological polar surface area (TPSA) is 336 Å². The van der Waals surface area contributed by atoms with Crippen molar-refractivity contribution < 1.29 is 75.0 Å². The van der Waals surface area contributed by atoms with Crippen LogP contribution in [0, 0.1) is 0 Å². The van der Waals surface area contributed by atoms with Crippen LogP contribution in [0.15, 0.2) is 0 Å². The molecule has 0 fully saturated rings. The molecule has 3 amide bonds. The lowest BCUT2D eigenvalue weighted by molar-refractivity contribution is -0.142. The van der Waals surface area contributed by atoms with Crippen LogP contribution in [-0.4, -0.2) is 168 Å². The summed E-state index contributed by atoms with van der Waals surface area (Å²) in [6.45, 7) is -1.94. The number of hydrogen-bond acceptors (Lipinski definition) is 15. The van der Waals surface area contributed by atoms with Gasteiger partial charge in [-0.1, -0.05) is 0 Å². The van der Waals surface area contributed by atoms with Crippen molar-refractivity contribution in [2.75, 3.05) is 26.0 Å². The van der Waals surface area contributed by atoms with Crippen molar-refractivity contribution in [3.63, 3.8) is 0 Å². The molecule has 0 saturated heterocycles. The average Bonchev–Trinajstić information content (AvgIpc) is 2.97. The fourth-order valence-corrected chi connectivity index (χ4v) is 3.96. The van der Waals surface area contributed by atoms with E-state index in [9.17, 15) is 54.6 Å². The molecule has 0 aliphatic heterocycles. The van der Waals surface area contributed by atoms with E-state index in [1.54, 1.807) is 0 Å². The zero-order valence-corrected chi connectivity index (χ0v) is 24.1. The number of rotatable bonds is 22. The third-order valence-electron chi connectivity index (χ3n) is 6.31. The van der Waals surface area contributed by atoms with E-state index < -0.39 is 129 Å². The van der Waals surface area contributed by atoms with Gasteiger partial charge in [-0.2, -0.15) is 12.6 Å². The third kappa shape index (κ3) is 14.1. The van der Waals surface area contributed by atoms with Gasteiger partial charge in [-0.25, -0.2) is 4.79 Å². The van der Waals surface area contributed by atoms with E-state index in [1.165, 1.54) is 7.05 Å². The smallest absolute Gasteiger partial charge is 0.327 e. The van der Waals surface area contributed by atoms with Crippen molar-refractivity contribution >= 4 is 42.3 Å². The Hall–Kier alpha value is -2.66. The van der Waals surface area contributed by atoms with Gasteiger partial charge in [-0.15, -0.1) is 0 Å². The zero-order chi connectivity index (χ0) is 33.4. The molecular weight excluding hydrogens is 604 g/mol. The summed E-state index contributed by atoms with van der Waals surface area (Å²) in [7, 11) is 1.29. The Morgan fingerprint density at radius 3 is 1.51 bits per heavy atom. The number of hydrogen-bond donors (Lipinski definition) is 15. The van der Waals surface area contributed by atoms with Crippen molar-refractivity contribution in [1.82, 2.24) is 21.3 Å². The molecule has 0 spiro atoms. The van der Waals surface area contributed by atoms with E-state index >= 15 is 0 Å². The Labute approximate surface area is 251 Å². The van der Waals surface area contributed by atoms with Crippen molar-refractivity contribution in [2.24, 2.45) is 0 Å². The van der Waals surface area contributed by atoms with E-state index in [0.717, 1.165) is 0 Å². The molecule has 0 aromatic carbocycles. The first-order valence-electron chi connectivity index (χ1n) is 13.0. The van der Waals surface area contributed by atoms with Crippen molar-refractivity contribution in [3.05, 3.63) is 0 Å². The highest BCUT2D eigenvalue weighted by molar-refractivity contribution is 7.80. The Morgan fingerprint density at radius 2 is 1.12 bits per heavy atom. The molecule has 0 heterocycles. The van der Waals surface area contributed by atoms with Crippen LogP contribution in [0.2, 0.25) is 0 Å². The zero-order valence-electron chi connectivity index (χ0n) is 23.2. The fourth-order valence-electron chi connectivity index (χ4n) is 3.71. The van der Waals surface area contributed by atoms with Gasteiger partial charge in [0.1, 0.15) is 42.6 Å². The van der Waals surface area contributed by atoms with Gasteiger partial charge in [0.25, 0.3) is 0 Å². The Kier molecular flexibility index (Phi) is 19.1. The highest BCUT2D eigenvalue weighted by Gasteiger charge is 2.37. The molecule has 0 aliphatic rings. The summed E-state index contributed by atoms with van der Waals surface area (Å²) in [5, 5.41) is 105. The van der Waals surface area contributed by atoms with Crippen LogP contribution in [0.4, 0.5) is 0 Å². The molecule has 0 aromatic heterocycles. The van der Waals surface area contributed by atoms with Crippen molar-refractivity contribution in [2.45, 2.75) is 86.5 Å². The fraction of sp³-hybridized carbons (Fsp3) is 0.783. The summed E-state index contributed by atoms with van der Waals surface area (Å²) < 4.78 is 0. The lowest BCUT2D eigenvalue weighted by atomic mass is 9.97. The second kappa shape index (κ2) is 20.3. The predicted octanol–water partition coefficient (Wildman–Crippen LogP) is -7.16. The van der Waals surface area contributed by atoms with Gasteiger partial charge >= 0.3 is 11.9 Å². The number of amides is 3. The first kappa shape index (κ1) is 40.3. The number of carboxylic acid groups (broad SMARTS) is 2. The highest BCUT2D eigenvalue weighted by atomic mass is 32.1. The second-order valence-corrected chi connectivity index (χ2v) is 9.94. The molecule has 14 N–H and O–H groups in total. The average molecular weight is 647 g/mol. The number of thiol groups is 1. The predicted molar refractivity (Wildman–Crippen MR) is 146 cm³/mol. The number of aliphatic carboxylic acids is 2. The minimum Gasteiger partial charge on any atom is -0.481 e. The molecule has 43 heavy (non-hydrogen) atoms. The van der Waals surface area contributed by atoms with Crippen LogP contribution in [0.5, 0.6) is 0 Å². The summed E-state index contributed by atoms with van der Waals surface area (Å²) in [6, 6.07) is -6.15. The number of carboxylic acids is 2. The Morgan fingerprint density at radius 1 is 0.674 bits per heavy atom. The number of aliphatic hydroxyl groups excluding tert-OH is 8. The first-order valence-corrected chi connectivity index (χ1v) is 13.6. The summed E-state index contributed by atoms with van der Waals surface area (Å²) in [5.41, 5.74) is 0. The summed E-state index contributed by atoms with van der Waals surface area (Å²) in [6.07, 6.45) is -14.4. The van der Waals surface area contributed by atoms with E-state index in [0.29, 0.717) is 0 Å². The number of carbonyl (C=O) groups excluding carboxylic acids is 3. The molecule has 0 radical (unpaired) electrons. The van der Waals surface area contributed by atoms with Crippen LogP contribution in [-0.2, 0) is 24.0 Å². The molecular formula is C23H42N4O15S. The van der Waals surface area contributed by atoms with Gasteiger partial charge in [0.2, 0.25) is 17.7 Å². The third-order valence-corrected chi connectivity index (χ3v) is 6.68. The minimum absolute atomic E-state index is 0.339. The maximum Gasteiger partial charge on any atom is 0.327 e. The molecule has 19 nitrogen and oxygen atoms in total. The molecule has 250 valence electrons. The van der Waals surface area contributed by atoms with E-state index in [-0.39, 0.29) is 5.75 Å². The lowest BCUT2D eigenvalue weighted by Gasteiger charge is -2.31. The molecule has 0 unspecified atom stereocenters. The normalized spacial score (nSPS) is 18.5. The van der Waals surface area contributed by atoms with Crippen LogP contribution in [0.1, 0.15) is 25.7 Å². The first-order chi connectivity index (χ1) is 20.0. The molecule has 0 bridgehead atoms. The van der Waals surface area contributed by atoms with Gasteiger partial charge in [0, 0.05) is 31.1 Å². The molecule has 0 aromatic rings. The monoisotopic (exact) mass is 646 g/mol. The number of likely N-dealkylation sites (N-methyl/N-ethyl adjacent to an activating group) is 1. The number of nitrogens with one attached hydrogen (secondary N) is 4. The van der Waals surface area contributed by atoms with E-state index in [2.05, 4.69) is 33.9 Å². The van der Waals surface area contributed by atoms with Crippen LogP contribution in [0.25, 0.3) is 0 Å². The maximum atomic E-state index is 13.1. The van der Waals surface area contributed by atoms with Gasteiger partial charge in [0.15, 0.2) is 0 Å². The summed E-state index contributed by atoms with van der Waals surface area (Å²) >= 11 is 3.79. The molecule has 0 rings (SSSR count). The highest BCUT2D eigenvalue weighted by Crippen LogP contribution is 2.12. The number of aliphatic hydroxyl groups is 8. The SMILES string of the molecule is CN[C@H](CC(=O)N[C@@H](CCC(=O)O)C(=O)N[C@H](CC(=O)N[C@@H](CS)C(=O)O)[C@@H](O)[C@H](O)[C@H](O)CO)[C@@H](O)[C@H](O)[C@H](O)CO. The van der Waals surface area contributed by atoms with Gasteiger partial charge in [-0.3, -0.25) is 19.2 Å². The molecule has 0 aliphatic carbocycles. The summed E-state index contributed by atoms with van der Waals surface area (Å²) in [5.74, 6) is -6.39. The minimum atomic E-state index is -2.14.